The number of aryl methyl sites for hydroxylation is 1. The molecule has 2 aromatic heterocycles. The molecule has 1 aromatic carbocycles. The zero-order valence-corrected chi connectivity index (χ0v) is 15.1. The molecule has 3 rings (SSSR count). The van der Waals surface area contributed by atoms with Crippen LogP contribution in [0.3, 0.4) is 0 Å². The Morgan fingerprint density at radius 1 is 1.04 bits per heavy atom. The zero-order valence-electron chi connectivity index (χ0n) is 15.1. The molecule has 0 aliphatic heterocycles. The highest BCUT2D eigenvalue weighted by Crippen LogP contribution is 2.17. The van der Waals surface area contributed by atoms with Gasteiger partial charge in [-0.15, -0.1) is 0 Å². The summed E-state index contributed by atoms with van der Waals surface area (Å²) in [7, 11) is 1.52. The Morgan fingerprint density at radius 3 is 2.56 bits per heavy atom. The summed E-state index contributed by atoms with van der Waals surface area (Å²) in [5.74, 6) is 1.15. The van der Waals surface area contributed by atoms with Crippen LogP contribution in [-0.2, 0) is 13.2 Å². The first-order valence-corrected chi connectivity index (χ1v) is 8.41. The summed E-state index contributed by atoms with van der Waals surface area (Å²) in [5, 5.41) is 5.21. The minimum absolute atomic E-state index is 0.139. The van der Waals surface area contributed by atoms with Crippen molar-refractivity contribution in [2.24, 2.45) is 0 Å². The van der Waals surface area contributed by atoms with E-state index in [-0.39, 0.29) is 30.7 Å². The second-order valence-electron chi connectivity index (χ2n) is 5.89. The Labute approximate surface area is 156 Å². The fraction of sp³-hybridized carbons (Fsp3) is 0.200. The molecule has 0 radical (unpaired) electrons. The van der Waals surface area contributed by atoms with E-state index < -0.39 is 0 Å². The Bertz CT molecular complexity index is 924. The molecule has 0 saturated carbocycles. The number of hydrogen-bond donors (Lipinski definition) is 2. The van der Waals surface area contributed by atoms with Crippen LogP contribution in [0.5, 0.6) is 5.75 Å². The van der Waals surface area contributed by atoms with Crippen molar-refractivity contribution in [3.63, 3.8) is 0 Å². The largest absolute Gasteiger partial charge is 0.486 e. The van der Waals surface area contributed by atoms with Gasteiger partial charge < -0.3 is 24.2 Å². The van der Waals surface area contributed by atoms with Gasteiger partial charge in [-0.05, 0) is 37.3 Å². The first kappa shape index (κ1) is 18.3. The number of ether oxygens (including phenoxy) is 1. The summed E-state index contributed by atoms with van der Waals surface area (Å²) >= 11 is 0. The molecule has 0 atom stereocenters. The lowest BCUT2D eigenvalue weighted by molar-refractivity contribution is 0.0933. The summed E-state index contributed by atoms with van der Waals surface area (Å²) in [4.78, 5) is 23.9. The Hall–Kier alpha value is -3.48. The van der Waals surface area contributed by atoms with Gasteiger partial charge in [-0.25, -0.2) is 0 Å². The van der Waals surface area contributed by atoms with Crippen molar-refractivity contribution in [2.75, 3.05) is 7.05 Å². The first-order chi connectivity index (χ1) is 13.1. The molecular weight excluding hydrogens is 348 g/mol. The molecule has 2 N–H and O–H groups in total. The van der Waals surface area contributed by atoms with E-state index in [1.165, 1.54) is 13.3 Å². The summed E-state index contributed by atoms with van der Waals surface area (Å²) in [5.41, 5.74) is 1.53. The average molecular weight is 368 g/mol. The third-order valence-electron chi connectivity index (χ3n) is 3.92. The number of carbonyl (C=O) groups excluding carboxylic acids is 2. The SMILES string of the molecule is CNC(=O)c1ccc(CNC(=O)c2ccoc2COc2ccc(C)cc2)o1. The molecule has 0 bridgehead atoms. The van der Waals surface area contributed by atoms with E-state index in [1.807, 2.05) is 31.2 Å². The fourth-order valence-electron chi connectivity index (χ4n) is 2.42. The molecule has 7 nitrogen and oxygen atoms in total. The maximum Gasteiger partial charge on any atom is 0.286 e. The van der Waals surface area contributed by atoms with Gasteiger partial charge in [0, 0.05) is 7.05 Å². The van der Waals surface area contributed by atoms with Crippen molar-refractivity contribution < 1.29 is 23.2 Å². The van der Waals surface area contributed by atoms with Crippen molar-refractivity contribution in [3.05, 3.63) is 77.1 Å². The topological polar surface area (TPSA) is 93.7 Å². The van der Waals surface area contributed by atoms with Crippen LogP contribution < -0.4 is 15.4 Å². The summed E-state index contributed by atoms with van der Waals surface area (Å²) < 4.78 is 16.4. The maximum absolute atomic E-state index is 12.4. The lowest BCUT2D eigenvalue weighted by Gasteiger charge is -2.07. The van der Waals surface area contributed by atoms with E-state index in [0.29, 0.717) is 22.8 Å². The predicted octanol–water partition coefficient (Wildman–Crippen LogP) is 3.05. The summed E-state index contributed by atoms with van der Waals surface area (Å²) in [6.07, 6.45) is 1.44. The molecule has 140 valence electrons. The Balaban J connectivity index is 1.57. The highest BCUT2D eigenvalue weighted by Gasteiger charge is 2.16. The van der Waals surface area contributed by atoms with Crippen LogP contribution in [0.1, 0.15) is 38.0 Å². The number of hydrogen-bond acceptors (Lipinski definition) is 5. The molecule has 0 aliphatic carbocycles. The van der Waals surface area contributed by atoms with Gasteiger partial charge in [0.2, 0.25) is 0 Å². The van der Waals surface area contributed by atoms with Gasteiger partial charge in [0.15, 0.2) is 11.5 Å². The number of benzene rings is 1. The van der Waals surface area contributed by atoms with Gasteiger partial charge >= 0.3 is 0 Å². The number of rotatable bonds is 7. The molecule has 0 unspecified atom stereocenters. The van der Waals surface area contributed by atoms with Gasteiger partial charge in [0.05, 0.1) is 18.4 Å². The van der Waals surface area contributed by atoms with Gasteiger partial charge in [-0.2, -0.15) is 0 Å². The monoisotopic (exact) mass is 368 g/mol. The Morgan fingerprint density at radius 2 is 1.81 bits per heavy atom. The molecule has 27 heavy (non-hydrogen) atoms. The van der Waals surface area contributed by atoms with E-state index in [4.69, 9.17) is 13.6 Å². The third kappa shape index (κ3) is 4.58. The molecule has 3 aromatic rings. The van der Waals surface area contributed by atoms with Crippen molar-refractivity contribution in [1.82, 2.24) is 10.6 Å². The second kappa shape index (κ2) is 8.27. The van der Waals surface area contributed by atoms with Crippen LogP contribution in [0.4, 0.5) is 0 Å². The van der Waals surface area contributed by atoms with Crippen molar-refractivity contribution in [2.45, 2.75) is 20.1 Å². The van der Waals surface area contributed by atoms with Crippen molar-refractivity contribution in [1.29, 1.82) is 0 Å². The predicted molar refractivity (Wildman–Crippen MR) is 97.5 cm³/mol. The molecule has 0 aliphatic rings. The third-order valence-corrected chi connectivity index (χ3v) is 3.92. The molecule has 2 amide bonds. The van der Waals surface area contributed by atoms with Gasteiger partial charge in [0.1, 0.15) is 18.1 Å². The maximum atomic E-state index is 12.4. The molecule has 0 fully saturated rings. The van der Waals surface area contributed by atoms with Crippen LogP contribution in [0.2, 0.25) is 0 Å². The minimum Gasteiger partial charge on any atom is -0.486 e. The zero-order chi connectivity index (χ0) is 19.2. The molecule has 0 spiro atoms. The van der Waals surface area contributed by atoms with Crippen LogP contribution in [0, 0.1) is 6.92 Å². The molecule has 7 heteroatoms. The number of carbonyl (C=O) groups is 2. The normalized spacial score (nSPS) is 10.4. The second-order valence-corrected chi connectivity index (χ2v) is 5.89. The smallest absolute Gasteiger partial charge is 0.286 e. The highest BCUT2D eigenvalue weighted by molar-refractivity contribution is 5.95. The van der Waals surface area contributed by atoms with Crippen molar-refractivity contribution in [3.8, 4) is 5.75 Å². The molecule has 2 heterocycles. The Kier molecular flexibility index (Phi) is 5.61. The van der Waals surface area contributed by atoms with Crippen LogP contribution in [0.15, 0.2) is 57.6 Å². The van der Waals surface area contributed by atoms with E-state index in [2.05, 4.69) is 10.6 Å². The standard InChI is InChI=1S/C20H20N2O5/c1-13-3-5-14(6-4-13)26-12-18-16(9-10-25-18)19(23)22-11-15-7-8-17(27-15)20(24)21-2/h3-10H,11-12H2,1-2H3,(H,21,24)(H,22,23). The van der Waals surface area contributed by atoms with Gasteiger partial charge in [-0.1, -0.05) is 17.7 Å². The lowest BCUT2D eigenvalue weighted by Crippen LogP contribution is -2.23. The minimum atomic E-state index is -0.321. The fourth-order valence-corrected chi connectivity index (χ4v) is 2.42. The molecular formula is C20H20N2O5. The number of nitrogens with one attached hydrogen (secondary N) is 2. The van der Waals surface area contributed by atoms with E-state index in [9.17, 15) is 9.59 Å². The van der Waals surface area contributed by atoms with E-state index >= 15 is 0 Å². The first-order valence-electron chi connectivity index (χ1n) is 8.41. The number of amides is 2. The highest BCUT2D eigenvalue weighted by atomic mass is 16.5. The lowest BCUT2D eigenvalue weighted by atomic mass is 10.2. The van der Waals surface area contributed by atoms with Crippen LogP contribution in [0.25, 0.3) is 0 Å². The van der Waals surface area contributed by atoms with E-state index in [1.54, 1.807) is 18.2 Å². The quantitative estimate of drug-likeness (QED) is 0.668. The average Bonchev–Trinajstić information content (AvgIpc) is 3.34. The summed E-state index contributed by atoms with van der Waals surface area (Å²) in [6.45, 7) is 2.29. The van der Waals surface area contributed by atoms with Crippen LogP contribution >= 0.6 is 0 Å². The van der Waals surface area contributed by atoms with Crippen molar-refractivity contribution >= 4 is 11.8 Å². The summed E-state index contributed by atoms with van der Waals surface area (Å²) in [6, 6.07) is 12.4. The van der Waals surface area contributed by atoms with Crippen LogP contribution in [-0.4, -0.2) is 18.9 Å². The van der Waals surface area contributed by atoms with E-state index in [0.717, 1.165) is 5.56 Å². The van der Waals surface area contributed by atoms with Gasteiger partial charge in [0.25, 0.3) is 11.8 Å². The van der Waals surface area contributed by atoms with Gasteiger partial charge in [-0.3, -0.25) is 9.59 Å². The molecule has 0 saturated heterocycles. The number of furan rings is 2.